The van der Waals surface area contributed by atoms with Crippen molar-refractivity contribution in [3.63, 3.8) is 0 Å². The summed E-state index contributed by atoms with van der Waals surface area (Å²) in [5.41, 5.74) is 1.40. The summed E-state index contributed by atoms with van der Waals surface area (Å²) in [6.45, 7) is 12.2. The predicted octanol–water partition coefficient (Wildman–Crippen LogP) is 4.83. The van der Waals surface area contributed by atoms with Gasteiger partial charge in [0.05, 0.1) is 24.4 Å². The molecule has 2 amide bonds. The van der Waals surface area contributed by atoms with Crippen molar-refractivity contribution in [1.82, 2.24) is 20.2 Å². The van der Waals surface area contributed by atoms with Crippen molar-refractivity contribution in [2.45, 2.75) is 78.3 Å². The highest BCUT2D eigenvalue weighted by atomic mass is 16.5. The summed E-state index contributed by atoms with van der Waals surface area (Å²) in [5.74, 6) is 2.34. The van der Waals surface area contributed by atoms with Crippen molar-refractivity contribution in [3.05, 3.63) is 30.0 Å². The Balaban J connectivity index is 1.32. The standard InChI is InChI=1S/C32H47N7O3/c1-21(2)19-38-15-13-23(14-16-38)34-29(40)22-11-12-25(27(17-22)42-6)35-31-33-18-26-28(36-31)39(24-9-7-8-10-24)20-32(3,4)30(41)37(26)5/h11-12,17-18,21,23-24H,7-10,13-16,19-20H2,1-6H3,(H,34,40)(H,33,35,36). The van der Waals surface area contributed by atoms with Crippen molar-refractivity contribution in [2.24, 2.45) is 11.3 Å². The molecule has 0 bridgehead atoms. The number of hydrogen-bond acceptors (Lipinski definition) is 8. The molecule has 1 aromatic carbocycles. The SMILES string of the molecule is COc1cc(C(=O)NC2CCN(CC(C)C)CC2)ccc1Nc1ncc2c(n1)N(C1CCCC1)CC(C)(C)C(=O)N2C. The van der Waals surface area contributed by atoms with Gasteiger partial charge in [-0.25, -0.2) is 4.98 Å². The molecular formula is C32H47N7O3. The zero-order chi connectivity index (χ0) is 30.0. The lowest BCUT2D eigenvalue weighted by Crippen LogP contribution is -2.45. The summed E-state index contributed by atoms with van der Waals surface area (Å²) in [7, 11) is 3.40. The minimum atomic E-state index is -0.545. The molecule has 3 aliphatic rings. The first-order chi connectivity index (χ1) is 20.1. The lowest BCUT2D eigenvalue weighted by Gasteiger charge is -2.34. The van der Waals surface area contributed by atoms with Crippen LogP contribution in [-0.2, 0) is 4.79 Å². The maximum atomic E-state index is 13.3. The van der Waals surface area contributed by atoms with Gasteiger partial charge >= 0.3 is 0 Å². The van der Waals surface area contributed by atoms with Crippen molar-refractivity contribution in [2.75, 3.05) is 55.5 Å². The van der Waals surface area contributed by atoms with Crippen LogP contribution in [0.15, 0.2) is 24.4 Å². The zero-order valence-corrected chi connectivity index (χ0v) is 26.1. The second-order valence-corrected chi connectivity index (χ2v) is 13.2. The van der Waals surface area contributed by atoms with Crippen LogP contribution in [0.25, 0.3) is 0 Å². The lowest BCUT2D eigenvalue weighted by atomic mass is 9.91. The number of benzene rings is 1. The molecule has 2 fully saturated rings. The van der Waals surface area contributed by atoms with Crippen LogP contribution in [0.5, 0.6) is 5.75 Å². The number of methoxy groups -OCH3 is 1. The van der Waals surface area contributed by atoms with Gasteiger partial charge in [0.25, 0.3) is 5.91 Å². The van der Waals surface area contributed by atoms with Gasteiger partial charge < -0.3 is 30.1 Å². The summed E-state index contributed by atoms with van der Waals surface area (Å²) in [6, 6.07) is 5.92. The van der Waals surface area contributed by atoms with Gasteiger partial charge in [-0.15, -0.1) is 0 Å². The second kappa shape index (κ2) is 12.5. The molecule has 3 heterocycles. The highest BCUT2D eigenvalue weighted by molar-refractivity contribution is 6.01. The number of rotatable bonds is 8. The Morgan fingerprint density at radius 2 is 1.86 bits per heavy atom. The topological polar surface area (TPSA) is 103 Å². The lowest BCUT2D eigenvalue weighted by molar-refractivity contribution is -0.125. The summed E-state index contributed by atoms with van der Waals surface area (Å²) < 4.78 is 5.67. The highest BCUT2D eigenvalue weighted by Crippen LogP contribution is 2.40. The Bertz CT molecular complexity index is 1280. The first-order valence-electron chi connectivity index (χ1n) is 15.5. The van der Waals surface area contributed by atoms with E-state index >= 15 is 0 Å². The Kier molecular flexibility index (Phi) is 8.92. The monoisotopic (exact) mass is 577 g/mol. The fraction of sp³-hybridized carbons (Fsp3) is 0.625. The summed E-state index contributed by atoms with van der Waals surface area (Å²) >= 11 is 0. The number of aromatic nitrogens is 2. The molecule has 5 rings (SSSR count). The minimum absolute atomic E-state index is 0.0604. The van der Waals surface area contributed by atoms with Gasteiger partial charge in [-0.3, -0.25) is 9.59 Å². The predicted molar refractivity (Wildman–Crippen MR) is 167 cm³/mol. The summed E-state index contributed by atoms with van der Waals surface area (Å²) in [4.78, 5) is 42.4. The van der Waals surface area contributed by atoms with Crippen LogP contribution in [0, 0.1) is 11.3 Å². The van der Waals surface area contributed by atoms with E-state index in [1.165, 1.54) is 12.8 Å². The van der Waals surface area contributed by atoms with E-state index in [2.05, 4.69) is 39.3 Å². The molecule has 2 aliphatic heterocycles. The third kappa shape index (κ3) is 6.48. The Morgan fingerprint density at radius 1 is 1.14 bits per heavy atom. The molecule has 0 atom stereocenters. The van der Waals surface area contributed by atoms with Gasteiger partial charge in [0.2, 0.25) is 11.9 Å². The van der Waals surface area contributed by atoms with Crippen LogP contribution in [0.2, 0.25) is 0 Å². The number of amides is 2. The number of nitrogens with one attached hydrogen (secondary N) is 2. The smallest absolute Gasteiger partial charge is 0.251 e. The largest absolute Gasteiger partial charge is 0.495 e. The van der Waals surface area contributed by atoms with Crippen LogP contribution in [0.4, 0.5) is 23.1 Å². The zero-order valence-electron chi connectivity index (χ0n) is 26.1. The summed E-state index contributed by atoms with van der Waals surface area (Å²) in [5, 5.41) is 6.52. The van der Waals surface area contributed by atoms with E-state index < -0.39 is 5.41 Å². The van der Waals surface area contributed by atoms with Gasteiger partial charge in [-0.05, 0) is 63.6 Å². The number of ether oxygens (including phenoxy) is 1. The van der Waals surface area contributed by atoms with E-state index in [9.17, 15) is 9.59 Å². The molecular weight excluding hydrogens is 530 g/mol. The molecule has 1 aliphatic carbocycles. The number of carbonyl (C=O) groups is 2. The van der Waals surface area contributed by atoms with Crippen LogP contribution >= 0.6 is 0 Å². The number of fused-ring (bicyclic) bond motifs is 1. The molecule has 228 valence electrons. The average molecular weight is 578 g/mol. The first kappa shape index (κ1) is 30.1. The molecule has 10 heteroatoms. The van der Waals surface area contributed by atoms with E-state index in [0.717, 1.165) is 56.8 Å². The van der Waals surface area contributed by atoms with Gasteiger partial charge in [-0.1, -0.05) is 26.7 Å². The minimum Gasteiger partial charge on any atom is -0.495 e. The first-order valence-corrected chi connectivity index (χ1v) is 15.5. The Morgan fingerprint density at radius 3 is 2.52 bits per heavy atom. The molecule has 0 spiro atoms. The van der Waals surface area contributed by atoms with Gasteiger partial charge in [0, 0.05) is 50.9 Å². The second-order valence-electron chi connectivity index (χ2n) is 13.2. The molecule has 42 heavy (non-hydrogen) atoms. The third-order valence-corrected chi connectivity index (χ3v) is 8.85. The van der Waals surface area contributed by atoms with Gasteiger partial charge in [0.15, 0.2) is 5.82 Å². The van der Waals surface area contributed by atoms with E-state index in [-0.39, 0.29) is 17.9 Å². The van der Waals surface area contributed by atoms with Crippen molar-refractivity contribution in [1.29, 1.82) is 0 Å². The Labute approximate surface area is 250 Å². The molecule has 0 radical (unpaired) electrons. The van der Waals surface area contributed by atoms with E-state index in [1.807, 2.05) is 19.9 Å². The van der Waals surface area contributed by atoms with E-state index in [0.29, 0.717) is 41.5 Å². The average Bonchev–Trinajstić information content (AvgIpc) is 3.49. The molecule has 0 unspecified atom stereocenters. The van der Waals surface area contributed by atoms with E-state index in [4.69, 9.17) is 9.72 Å². The number of piperidine rings is 1. The maximum absolute atomic E-state index is 13.3. The molecule has 2 N–H and O–H groups in total. The van der Waals surface area contributed by atoms with Crippen LogP contribution in [0.1, 0.15) is 76.6 Å². The molecule has 2 aromatic rings. The number of carbonyl (C=O) groups excluding carboxylic acids is 2. The normalized spacial score (nSPS) is 20.0. The molecule has 10 nitrogen and oxygen atoms in total. The van der Waals surface area contributed by atoms with Gasteiger partial charge in [-0.2, -0.15) is 4.98 Å². The van der Waals surface area contributed by atoms with Crippen LogP contribution in [-0.4, -0.2) is 79.1 Å². The van der Waals surface area contributed by atoms with Gasteiger partial charge in [0.1, 0.15) is 11.4 Å². The van der Waals surface area contributed by atoms with Crippen molar-refractivity contribution in [3.8, 4) is 5.75 Å². The van der Waals surface area contributed by atoms with Crippen LogP contribution < -0.4 is 25.2 Å². The van der Waals surface area contributed by atoms with Crippen LogP contribution in [0.3, 0.4) is 0 Å². The summed E-state index contributed by atoms with van der Waals surface area (Å²) in [6.07, 6.45) is 8.20. The van der Waals surface area contributed by atoms with Crippen molar-refractivity contribution >= 4 is 35.0 Å². The molecule has 1 aromatic heterocycles. The number of nitrogens with zero attached hydrogens (tertiary/aromatic N) is 5. The number of hydrogen-bond donors (Lipinski definition) is 2. The van der Waals surface area contributed by atoms with E-state index in [1.54, 1.807) is 37.4 Å². The number of anilines is 4. The number of likely N-dealkylation sites (tertiary alicyclic amines) is 1. The fourth-order valence-electron chi connectivity index (χ4n) is 6.63. The fourth-order valence-corrected chi connectivity index (χ4v) is 6.63. The quantitative estimate of drug-likeness (QED) is 0.460. The highest BCUT2D eigenvalue weighted by Gasteiger charge is 2.41. The third-order valence-electron chi connectivity index (χ3n) is 8.85. The molecule has 1 saturated heterocycles. The molecule has 1 saturated carbocycles. The maximum Gasteiger partial charge on any atom is 0.251 e. The van der Waals surface area contributed by atoms with Crippen molar-refractivity contribution < 1.29 is 14.3 Å². The Hall–Kier alpha value is -3.40.